The molecule has 0 saturated carbocycles. The van der Waals surface area contributed by atoms with Crippen LogP contribution in [0, 0.1) is 0 Å². The highest BCUT2D eigenvalue weighted by molar-refractivity contribution is 6.32. The number of nitrogens with zero attached hydrogens (tertiary/aromatic N) is 3. The summed E-state index contributed by atoms with van der Waals surface area (Å²) in [5.41, 5.74) is -0.171. The Kier molecular flexibility index (Phi) is 5.46. The van der Waals surface area contributed by atoms with Crippen molar-refractivity contribution in [2.75, 3.05) is 17.2 Å². The van der Waals surface area contributed by atoms with E-state index in [1.165, 1.54) is 12.4 Å². The number of rotatable bonds is 4. The lowest BCUT2D eigenvalue weighted by Crippen LogP contribution is -2.41. The van der Waals surface area contributed by atoms with Gasteiger partial charge in [-0.15, -0.1) is 0 Å². The van der Waals surface area contributed by atoms with Crippen LogP contribution in [0.4, 0.5) is 11.6 Å². The highest BCUT2D eigenvalue weighted by atomic mass is 35.5. The number of amides is 1. The molecule has 0 radical (unpaired) electrons. The van der Waals surface area contributed by atoms with Crippen LogP contribution in [0.3, 0.4) is 0 Å². The van der Waals surface area contributed by atoms with Gasteiger partial charge < -0.3 is 24.6 Å². The highest BCUT2D eigenvalue weighted by Crippen LogP contribution is 2.40. The summed E-state index contributed by atoms with van der Waals surface area (Å²) in [5.74, 6) is 1.96. The van der Waals surface area contributed by atoms with Crippen LogP contribution >= 0.6 is 11.6 Å². The second-order valence-electron chi connectivity index (χ2n) is 9.18. The van der Waals surface area contributed by atoms with Crippen molar-refractivity contribution in [2.45, 2.75) is 45.6 Å². The van der Waals surface area contributed by atoms with E-state index in [1.54, 1.807) is 18.2 Å². The molecule has 1 aliphatic heterocycles. The van der Waals surface area contributed by atoms with Crippen LogP contribution in [-0.2, 0) is 5.41 Å². The monoisotopic (exact) mass is 457 g/mol. The molecule has 10 heteroatoms. The lowest BCUT2D eigenvalue weighted by atomic mass is 9.93. The standard InChI is InChI=1S/C22H24ClN5O4/c1-21(2,3)15-9-16(28-32-15)26-19(29)12-6-7-13(23)14(8-12)31-20-17-18(24-11-25-20)27-22(4,5)10-30-17/h6-9,11H,10H2,1-5H3,(H,24,25,27)(H,26,28,29). The largest absolute Gasteiger partial charge is 0.483 e. The minimum Gasteiger partial charge on any atom is -0.483 e. The molecular formula is C22H24ClN5O4. The number of hydrogen-bond donors (Lipinski definition) is 2. The van der Waals surface area contributed by atoms with Gasteiger partial charge in [0.1, 0.15) is 24.4 Å². The second kappa shape index (κ2) is 7.98. The molecule has 0 saturated heterocycles. The molecule has 0 aliphatic carbocycles. The number of anilines is 2. The van der Waals surface area contributed by atoms with Crippen LogP contribution < -0.4 is 20.1 Å². The molecule has 3 aromatic rings. The Bertz CT molecular complexity index is 1170. The molecule has 1 aliphatic rings. The Morgan fingerprint density at radius 1 is 1.25 bits per heavy atom. The van der Waals surface area contributed by atoms with Crippen molar-refractivity contribution >= 4 is 29.1 Å². The normalized spacial score (nSPS) is 14.7. The number of ether oxygens (including phenoxy) is 2. The van der Waals surface area contributed by atoms with Gasteiger partial charge in [0.25, 0.3) is 11.8 Å². The first-order valence-corrected chi connectivity index (χ1v) is 10.4. The van der Waals surface area contributed by atoms with Crippen LogP contribution in [0.1, 0.15) is 50.7 Å². The van der Waals surface area contributed by atoms with Crippen molar-refractivity contribution in [3.63, 3.8) is 0 Å². The van der Waals surface area contributed by atoms with Crippen LogP contribution in [0.25, 0.3) is 0 Å². The third-order valence-electron chi connectivity index (χ3n) is 4.70. The van der Waals surface area contributed by atoms with Crippen LogP contribution in [0.15, 0.2) is 35.1 Å². The minimum absolute atomic E-state index is 0.198. The zero-order valence-corrected chi connectivity index (χ0v) is 19.2. The van der Waals surface area contributed by atoms with Gasteiger partial charge in [0.2, 0.25) is 5.75 Å². The number of carbonyl (C=O) groups is 1. The second-order valence-corrected chi connectivity index (χ2v) is 9.59. The summed E-state index contributed by atoms with van der Waals surface area (Å²) in [4.78, 5) is 21.1. The Labute approximate surface area is 190 Å². The predicted molar refractivity (Wildman–Crippen MR) is 120 cm³/mol. The zero-order valence-electron chi connectivity index (χ0n) is 18.4. The van der Waals surface area contributed by atoms with Crippen molar-refractivity contribution in [3.8, 4) is 17.4 Å². The molecule has 1 aromatic carbocycles. The van der Waals surface area contributed by atoms with E-state index in [4.69, 9.17) is 25.6 Å². The quantitative estimate of drug-likeness (QED) is 0.560. The lowest BCUT2D eigenvalue weighted by Gasteiger charge is -2.32. The van der Waals surface area contributed by atoms with E-state index in [1.807, 2.05) is 34.6 Å². The SMILES string of the molecule is CC1(C)COc2c(ncnc2Oc2cc(C(=O)Nc3cc(C(C)(C)C)on3)ccc2Cl)N1. The summed E-state index contributed by atoms with van der Waals surface area (Å²) in [6, 6.07) is 6.39. The molecule has 4 rings (SSSR count). The van der Waals surface area contributed by atoms with Gasteiger partial charge in [-0.1, -0.05) is 37.5 Å². The first kappa shape index (κ1) is 21.9. The molecule has 0 atom stereocenters. The number of carbonyl (C=O) groups excluding carboxylic acids is 1. The van der Waals surface area contributed by atoms with E-state index >= 15 is 0 Å². The van der Waals surface area contributed by atoms with Crippen molar-refractivity contribution < 1.29 is 18.8 Å². The van der Waals surface area contributed by atoms with Gasteiger partial charge in [0, 0.05) is 17.0 Å². The zero-order chi connectivity index (χ0) is 23.1. The first-order chi connectivity index (χ1) is 15.0. The molecule has 32 heavy (non-hydrogen) atoms. The third kappa shape index (κ3) is 4.62. The average Bonchev–Trinajstić information content (AvgIpc) is 3.18. The lowest BCUT2D eigenvalue weighted by molar-refractivity contribution is 0.102. The molecule has 0 bridgehead atoms. The van der Waals surface area contributed by atoms with Crippen molar-refractivity contribution in [3.05, 3.63) is 46.9 Å². The molecule has 0 fully saturated rings. The molecule has 3 heterocycles. The van der Waals surface area contributed by atoms with Crippen molar-refractivity contribution in [1.82, 2.24) is 15.1 Å². The maximum absolute atomic E-state index is 12.7. The molecule has 9 nitrogen and oxygen atoms in total. The van der Waals surface area contributed by atoms with Crippen LogP contribution in [0.2, 0.25) is 5.02 Å². The van der Waals surface area contributed by atoms with E-state index in [-0.39, 0.29) is 28.5 Å². The smallest absolute Gasteiger partial charge is 0.268 e. The fourth-order valence-electron chi connectivity index (χ4n) is 2.96. The molecule has 1 amide bonds. The van der Waals surface area contributed by atoms with Crippen LogP contribution in [-0.4, -0.2) is 33.2 Å². The van der Waals surface area contributed by atoms with Gasteiger partial charge >= 0.3 is 0 Å². The van der Waals surface area contributed by atoms with Gasteiger partial charge in [0.05, 0.1) is 10.6 Å². The van der Waals surface area contributed by atoms with E-state index < -0.39 is 0 Å². The summed E-state index contributed by atoms with van der Waals surface area (Å²) < 4.78 is 17.0. The summed E-state index contributed by atoms with van der Waals surface area (Å²) in [6.07, 6.45) is 1.37. The number of halogens is 1. The van der Waals surface area contributed by atoms with Gasteiger partial charge in [-0.2, -0.15) is 4.98 Å². The van der Waals surface area contributed by atoms with E-state index in [0.717, 1.165) is 0 Å². The Hall–Kier alpha value is -3.33. The van der Waals surface area contributed by atoms with E-state index in [9.17, 15) is 4.79 Å². The fourth-order valence-corrected chi connectivity index (χ4v) is 3.12. The number of hydrogen-bond acceptors (Lipinski definition) is 8. The maximum Gasteiger partial charge on any atom is 0.268 e. The maximum atomic E-state index is 12.7. The van der Waals surface area contributed by atoms with Gasteiger partial charge in [0.15, 0.2) is 11.6 Å². The summed E-state index contributed by atoms with van der Waals surface area (Å²) in [7, 11) is 0. The van der Waals surface area contributed by atoms with Gasteiger partial charge in [-0.3, -0.25) is 4.79 Å². The predicted octanol–water partition coefficient (Wildman–Crippen LogP) is 5.04. The Morgan fingerprint density at radius 2 is 2.03 bits per heavy atom. The topological polar surface area (TPSA) is 111 Å². The molecule has 2 aromatic heterocycles. The summed E-state index contributed by atoms with van der Waals surface area (Å²) in [6.45, 7) is 10.4. The number of fused-ring (bicyclic) bond motifs is 1. The van der Waals surface area contributed by atoms with Crippen LogP contribution in [0.5, 0.6) is 17.4 Å². The fraction of sp³-hybridized carbons (Fsp3) is 0.364. The van der Waals surface area contributed by atoms with E-state index in [0.29, 0.717) is 40.3 Å². The number of benzene rings is 1. The van der Waals surface area contributed by atoms with Crippen molar-refractivity contribution in [1.29, 1.82) is 0 Å². The Morgan fingerprint density at radius 3 is 2.75 bits per heavy atom. The number of nitrogens with one attached hydrogen (secondary N) is 2. The Balaban J connectivity index is 1.55. The molecule has 2 N–H and O–H groups in total. The average molecular weight is 458 g/mol. The molecule has 0 spiro atoms. The summed E-state index contributed by atoms with van der Waals surface area (Å²) in [5, 5.41) is 10.2. The van der Waals surface area contributed by atoms with Gasteiger partial charge in [-0.25, -0.2) is 4.98 Å². The molecule has 0 unspecified atom stereocenters. The minimum atomic E-state index is -0.385. The molecule has 168 valence electrons. The highest BCUT2D eigenvalue weighted by Gasteiger charge is 2.30. The summed E-state index contributed by atoms with van der Waals surface area (Å²) >= 11 is 6.31. The third-order valence-corrected chi connectivity index (χ3v) is 5.01. The first-order valence-electron chi connectivity index (χ1n) is 10.0. The van der Waals surface area contributed by atoms with E-state index in [2.05, 4.69) is 25.8 Å². The number of aromatic nitrogens is 3. The van der Waals surface area contributed by atoms with Gasteiger partial charge in [-0.05, 0) is 32.0 Å². The molecular weight excluding hydrogens is 434 g/mol. The van der Waals surface area contributed by atoms with Crippen molar-refractivity contribution in [2.24, 2.45) is 0 Å².